The molecule has 104 valence electrons. The standard InChI is InChI=1S/C14H25NO3/c1-3-18-14(16)11-12-5-7-13(8-6-12)15-9-4-10-17-2/h11,13,15H,3-10H2,1-2H3. The van der Waals surface area contributed by atoms with Gasteiger partial charge in [-0.2, -0.15) is 0 Å². The molecule has 18 heavy (non-hydrogen) atoms. The number of carbonyl (C=O) groups excluding carboxylic acids is 1. The first-order valence-corrected chi connectivity index (χ1v) is 6.84. The zero-order chi connectivity index (χ0) is 13.2. The fourth-order valence-electron chi connectivity index (χ4n) is 2.21. The van der Waals surface area contributed by atoms with Crippen LogP contribution in [0.3, 0.4) is 0 Å². The Balaban J connectivity index is 2.18. The molecule has 1 rings (SSSR count). The molecule has 1 fully saturated rings. The highest BCUT2D eigenvalue weighted by atomic mass is 16.5. The molecule has 0 heterocycles. The van der Waals surface area contributed by atoms with E-state index in [9.17, 15) is 4.79 Å². The first-order valence-electron chi connectivity index (χ1n) is 6.84. The molecular formula is C14H25NO3. The lowest BCUT2D eigenvalue weighted by Crippen LogP contribution is -2.32. The summed E-state index contributed by atoms with van der Waals surface area (Å²) < 4.78 is 9.93. The molecule has 1 N–H and O–H groups in total. The minimum atomic E-state index is -0.195. The third-order valence-electron chi connectivity index (χ3n) is 3.19. The fraction of sp³-hybridized carbons (Fsp3) is 0.786. The Kier molecular flexibility index (Phi) is 7.69. The van der Waals surface area contributed by atoms with Crippen LogP contribution in [0.4, 0.5) is 0 Å². The maximum Gasteiger partial charge on any atom is 0.330 e. The number of rotatable bonds is 7. The number of hydrogen-bond donors (Lipinski definition) is 1. The lowest BCUT2D eigenvalue weighted by Gasteiger charge is -2.24. The van der Waals surface area contributed by atoms with Crippen molar-refractivity contribution in [2.24, 2.45) is 0 Å². The van der Waals surface area contributed by atoms with Crippen LogP contribution in [0.15, 0.2) is 11.6 Å². The molecule has 0 amide bonds. The molecule has 4 nitrogen and oxygen atoms in total. The van der Waals surface area contributed by atoms with Crippen LogP contribution in [0.1, 0.15) is 39.0 Å². The van der Waals surface area contributed by atoms with Gasteiger partial charge in [-0.15, -0.1) is 0 Å². The van der Waals surface area contributed by atoms with Crippen molar-refractivity contribution in [2.75, 3.05) is 26.9 Å². The van der Waals surface area contributed by atoms with Gasteiger partial charge < -0.3 is 14.8 Å². The minimum Gasteiger partial charge on any atom is -0.463 e. The molecule has 0 bridgehead atoms. The van der Waals surface area contributed by atoms with Crippen LogP contribution < -0.4 is 5.32 Å². The van der Waals surface area contributed by atoms with E-state index in [2.05, 4.69) is 5.32 Å². The second kappa shape index (κ2) is 9.11. The molecule has 1 aliphatic rings. The number of esters is 1. The Labute approximate surface area is 110 Å². The highest BCUT2D eigenvalue weighted by Gasteiger charge is 2.16. The van der Waals surface area contributed by atoms with Crippen LogP contribution in [0.25, 0.3) is 0 Å². The first-order chi connectivity index (χ1) is 8.76. The second-order valence-electron chi connectivity index (χ2n) is 4.63. The monoisotopic (exact) mass is 255 g/mol. The molecule has 0 aromatic rings. The lowest BCUT2D eigenvalue weighted by atomic mass is 9.90. The van der Waals surface area contributed by atoms with Gasteiger partial charge in [0, 0.05) is 25.8 Å². The van der Waals surface area contributed by atoms with Crippen molar-refractivity contribution in [3.8, 4) is 0 Å². The number of ether oxygens (including phenoxy) is 2. The van der Waals surface area contributed by atoms with E-state index in [1.54, 1.807) is 13.2 Å². The van der Waals surface area contributed by atoms with E-state index in [0.717, 1.165) is 45.3 Å². The number of nitrogens with one attached hydrogen (secondary N) is 1. The van der Waals surface area contributed by atoms with Gasteiger partial charge >= 0.3 is 5.97 Å². The van der Waals surface area contributed by atoms with E-state index >= 15 is 0 Å². The van der Waals surface area contributed by atoms with Crippen molar-refractivity contribution in [3.05, 3.63) is 11.6 Å². The Morgan fingerprint density at radius 3 is 2.78 bits per heavy atom. The van der Waals surface area contributed by atoms with Gasteiger partial charge in [0.1, 0.15) is 0 Å². The Hall–Kier alpha value is -0.870. The zero-order valence-electron chi connectivity index (χ0n) is 11.5. The average Bonchev–Trinajstić information content (AvgIpc) is 2.37. The second-order valence-corrected chi connectivity index (χ2v) is 4.63. The molecular weight excluding hydrogens is 230 g/mol. The molecule has 0 atom stereocenters. The summed E-state index contributed by atoms with van der Waals surface area (Å²) in [6.45, 7) is 4.10. The Bertz CT molecular complexity index is 266. The van der Waals surface area contributed by atoms with Gasteiger partial charge in [0.15, 0.2) is 0 Å². The summed E-state index contributed by atoms with van der Waals surface area (Å²) >= 11 is 0. The number of carbonyl (C=O) groups is 1. The van der Waals surface area contributed by atoms with Crippen molar-refractivity contribution < 1.29 is 14.3 Å². The number of methoxy groups -OCH3 is 1. The van der Waals surface area contributed by atoms with Crippen LogP contribution >= 0.6 is 0 Å². The maximum atomic E-state index is 11.3. The molecule has 4 heteroatoms. The van der Waals surface area contributed by atoms with Gasteiger partial charge in [-0.1, -0.05) is 5.57 Å². The maximum absolute atomic E-state index is 11.3. The van der Waals surface area contributed by atoms with E-state index in [1.165, 1.54) is 5.57 Å². The predicted octanol–water partition coefficient (Wildman–Crippen LogP) is 2.04. The Morgan fingerprint density at radius 1 is 1.44 bits per heavy atom. The quantitative estimate of drug-likeness (QED) is 0.430. The summed E-state index contributed by atoms with van der Waals surface area (Å²) in [6, 6.07) is 0.584. The molecule has 0 aliphatic heterocycles. The van der Waals surface area contributed by atoms with Crippen molar-refractivity contribution >= 4 is 5.97 Å². The molecule has 1 aliphatic carbocycles. The van der Waals surface area contributed by atoms with E-state index < -0.39 is 0 Å². The molecule has 0 spiro atoms. The lowest BCUT2D eigenvalue weighted by molar-refractivity contribution is -0.137. The summed E-state index contributed by atoms with van der Waals surface area (Å²) in [7, 11) is 1.73. The predicted molar refractivity (Wildman–Crippen MR) is 71.5 cm³/mol. The van der Waals surface area contributed by atoms with Gasteiger partial charge in [-0.3, -0.25) is 0 Å². The summed E-state index contributed by atoms with van der Waals surface area (Å²) in [6.07, 6.45) is 6.95. The van der Waals surface area contributed by atoms with E-state index in [-0.39, 0.29) is 5.97 Å². The Morgan fingerprint density at radius 2 is 2.17 bits per heavy atom. The number of hydrogen-bond acceptors (Lipinski definition) is 4. The van der Waals surface area contributed by atoms with Crippen molar-refractivity contribution in [3.63, 3.8) is 0 Å². The van der Waals surface area contributed by atoms with Gasteiger partial charge in [-0.05, 0) is 45.6 Å². The van der Waals surface area contributed by atoms with Gasteiger partial charge in [0.05, 0.1) is 6.61 Å². The van der Waals surface area contributed by atoms with Gasteiger partial charge in [0.2, 0.25) is 0 Å². The normalized spacial score (nSPS) is 19.7. The summed E-state index contributed by atoms with van der Waals surface area (Å²) in [5.41, 5.74) is 1.23. The first kappa shape index (κ1) is 15.2. The molecule has 0 radical (unpaired) electrons. The molecule has 0 aromatic carbocycles. The molecule has 0 aromatic heterocycles. The van der Waals surface area contributed by atoms with Crippen molar-refractivity contribution in [1.82, 2.24) is 5.32 Å². The van der Waals surface area contributed by atoms with Crippen LogP contribution in [-0.4, -0.2) is 38.9 Å². The highest BCUT2D eigenvalue weighted by molar-refractivity contribution is 5.82. The largest absolute Gasteiger partial charge is 0.463 e. The van der Waals surface area contributed by atoms with Crippen molar-refractivity contribution in [2.45, 2.75) is 45.1 Å². The third-order valence-corrected chi connectivity index (χ3v) is 3.19. The zero-order valence-corrected chi connectivity index (χ0v) is 11.5. The van der Waals surface area contributed by atoms with E-state index in [0.29, 0.717) is 12.6 Å². The smallest absolute Gasteiger partial charge is 0.330 e. The minimum absolute atomic E-state index is 0.195. The van der Waals surface area contributed by atoms with Crippen LogP contribution in [-0.2, 0) is 14.3 Å². The van der Waals surface area contributed by atoms with Crippen LogP contribution in [0.5, 0.6) is 0 Å². The van der Waals surface area contributed by atoms with E-state index in [1.807, 2.05) is 6.92 Å². The van der Waals surface area contributed by atoms with E-state index in [4.69, 9.17) is 9.47 Å². The fourth-order valence-corrected chi connectivity index (χ4v) is 2.21. The van der Waals surface area contributed by atoms with Gasteiger partial charge in [0.25, 0.3) is 0 Å². The van der Waals surface area contributed by atoms with Crippen LogP contribution in [0, 0.1) is 0 Å². The average molecular weight is 255 g/mol. The SMILES string of the molecule is CCOC(=O)C=C1CCC(NCCCOC)CC1. The summed E-state index contributed by atoms with van der Waals surface area (Å²) in [5, 5.41) is 3.53. The van der Waals surface area contributed by atoms with Crippen molar-refractivity contribution in [1.29, 1.82) is 0 Å². The third kappa shape index (κ3) is 6.17. The summed E-state index contributed by atoms with van der Waals surface area (Å²) in [4.78, 5) is 11.3. The highest BCUT2D eigenvalue weighted by Crippen LogP contribution is 2.23. The molecule has 1 saturated carbocycles. The summed E-state index contributed by atoms with van der Waals surface area (Å²) in [5.74, 6) is -0.195. The molecule has 0 saturated heterocycles. The number of allylic oxidation sites excluding steroid dienone is 1. The molecule has 0 unspecified atom stereocenters. The van der Waals surface area contributed by atoms with Crippen LogP contribution in [0.2, 0.25) is 0 Å². The topological polar surface area (TPSA) is 47.6 Å². The van der Waals surface area contributed by atoms with Gasteiger partial charge in [-0.25, -0.2) is 4.79 Å².